The van der Waals surface area contributed by atoms with Gasteiger partial charge >= 0.3 is 0 Å². The number of hydrogen-bond acceptors (Lipinski definition) is 7. The molecule has 1 fully saturated rings. The molecule has 1 saturated heterocycles. The first-order valence-electron chi connectivity index (χ1n) is 11.2. The molecule has 1 amide bonds. The highest BCUT2D eigenvalue weighted by atomic mass is 16.1. The highest BCUT2D eigenvalue weighted by Gasteiger charge is 2.29. The summed E-state index contributed by atoms with van der Waals surface area (Å²) in [6.07, 6.45) is 8.24. The monoisotopic (exact) mass is 452 g/mol. The minimum atomic E-state index is -0.240. The maximum Gasteiger partial charge on any atom is 0.256 e. The van der Waals surface area contributed by atoms with Crippen LogP contribution in [0, 0.1) is 11.3 Å². The Kier molecular flexibility index (Phi) is 5.89. The molecular formula is C25H24N8O. The smallest absolute Gasteiger partial charge is 0.256 e. The van der Waals surface area contributed by atoms with Crippen LogP contribution in [0.5, 0.6) is 0 Å². The number of nitrogens with zero attached hydrogens (tertiary/aromatic N) is 6. The first kappa shape index (κ1) is 21.6. The molecule has 1 unspecified atom stereocenters. The molecule has 3 N–H and O–H groups in total. The molecule has 1 atom stereocenters. The number of pyridine rings is 1. The van der Waals surface area contributed by atoms with Gasteiger partial charge in [0.05, 0.1) is 18.7 Å². The molecule has 170 valence electrons. The Bertz CT molecular complexity index is 1360. The fourth-order valence-corrected chi connectivity index (χ4v) is 4.49. The predicted molar refractivity (Wildman–Crippen MR) is 129 cm³/mol. The fraction of sp³-hybridized carbons (Fsp3) is 0.240. The molecule has 9 nitrogen and oxygen atoms in total. The number of nitrogens with one attached hydrogen (secondary N) is 1. The standard InChI is InChI=1S/C25H24N8O/c26-11-15-32-14-4-2-5-19(32)24-31-21(22-23(27)29-13-16-33(22)24)17-7-9-18(10-8-17)25(34)30-20-6-1-3-12-28-20/h1,3,6-10,12-13,16,19H,2,4-5,14-15H2,(H2,27,29)(H,28,30,34). The van der Waals surface area contributed by atoms with E-state index in [9.17, 15) is 10.1 Å². The quantitative estimate of drug-likeness (QED) is 0.443. The van der Waals surface area contributed by atoms with Gasteiger partial charge in [0.15, 0.2) is 0 Å². The first-order valence-corrected chi connectivity index (χ1v) is 11.2. The Hall–Kier alpha value is -4.29. The van der Waals surface area contributed by atoms with E-state index in [4.69, 9.17) is 10.7 Å². The third-order valence-corrected chi connectivity index (χ3v) is 6.12. The summed E-state index contributed by atoms with van der Waals surface area (Å²) in [6, 6.07) is 14.9. The van der Waals surface area contributed by atoms with Crippen molar-refractivity contribution in [3.8, 4) is 17.3 Å². The van der Waals surface area contributed by atoms with Crippen LogP contribution < -0.4 is 11.1 Å². The minimum absolute atomic E-state index is 0.0277. The molecule has 9 heteroatoms. The van der Waals surface area contributed by atoms with Crippen molar-refractivity contribution in [3.05, 3.63) is 72.4 Å². The average Bonchev–Trinajstić information content (AvgIpc) is 3.26. The number of carbonyl (C=O) groups excluding carboxylic acids is 1. The van der Waals surface area contributed by atoms with E-state index >= 15 is 0 Å². The van der Waals surface area contributed by atoms with E-state index in [1.807, 2.05) is 28.8 Å². The summed E-state index contributed by atoms with van der Waals surface area (Å²) in [5.41, 5.74) is 9.07. The summed E-state index contributed by atoms with van der Waals surface area (Å²) < 4.78 is 1.99. The number of imidazole rings is 1. The number of nitriles is 1. The fourth-order valence-electron chi connectivity index (χ4n) is 4.49. The normalized spacial score (nSPS) is 16.3. The van der Waals surface area contributed by atoms with Gasteiger partial charge in [-0.15, -0.1) is 0 Å². The summed E-state index contributed by atoms with van der Waals surface area (Å²) in [7, 11) is 0. The van der Waals surface area contributed by atoms with Gasteiger partial charge < -0.3 is 11.1 Å². The summed E-state index contributed by atoms with van der Waals surface area (Å²) in [6.45, 7) is 1.22. The maximum atomic E-state index is 12.6. The number of anilines is 2. The second-order valence-corrected chi connectivity index (χ2v) is 8.24. The van der Waals surface area contributed by atoms with E-state index in [0.717, 1.165) is 42.7 Å². The molecule has 0 aliphatic carbocycles. The molecule has 3 aromatic heterocycles. The molecule has 0 radical (unpaired) electrons. The van der Waals surface area contributed by atoms with Crippen molar-refractivity contribution in [1.82, 2.24) is 24.3 Å². The molecule has 5 rings (SSSR count). The summed E-state index contributed by atoms with van der Waals surface area (Å²) in [5.74, 6) is 1.49. The lowest BCUT2D eigenvalue weighted by Crippen LogP contribution is -2.34. The summed E-state index contributed by atoms with van der Waals surface area (Å²) in [4.78, 5) is 28.2. The Balaban J connectivity index is 1.50. The highest BCUT2D eigenvalue weighted by Crippen LogP contribution is 2.35. The number of nitrogens with two attached hydrogens (primary N) is 1. The molecule has 4 heterocycles. The zero-order valence-electron chi connectivity index (χ0n) is 18.6. The van der Waals surface area contributed by atoms with Crippen LogP contribution in [0.2, 0.25) is 0 Å². The number of likely N-dealkylation sites (tertiary alicyclic amines) is 1. The van der Waals surface area contributed by atoms with Crippen LogP contribution in [-0.2, 0) is 0 Å². The number of rotatable bonds is 5. The van der Waals surface area contributed by atoms with Crippen molar-refractivity contribution in [2.75, 3.05) is 24.1 Å². The Morgan fingerprint density at radius 1 is 1.15 bits per heavy atom. The Morgan fingerprint density at radius 2 is 2.00 bits per heavy atom. The maximum absolute atomic E-state index is 12.6. The highest BCUT2D eigenvalue weighted by molar-refractivity contribution is 6.04. The van der Waals surface area contributed by atoms with Crippen LogP contribution >= 0.6 is 0 Å². The lowest BCUT2D eigenvalue weighted by Gasteiger charge is -2.32. The first-order chi connectivity index (χ1) is 16.7. The topological polar surface area (TPSA) is 125 Å². The number of hydrogen-bond donors (Lipinski definition) is 2. The van der Waals surface area contributed by atoms with Gasteiger partial charge in [-0.05, 0) is 43.7 Å². The summed E-state index contributed by atoms with van der Waals surface area (Å²) >= 11 is 0. The van der Waals surface area contributed by atoms with Crippen LogP contribution in [-0.4, -0.2) is 43.2 Å². The van der Waals surface area contributed by atoms with Gasteiger partial charge in [-0.3, -0.25) is 14.1 Å². The molecule has 0 saturated carbocycles. The van der Waals surface area contributed by atoms with Crippen LogP contribution in [0.15, 0.2) is 61.1 Å². The molecule has 0 bridgehead atoms. The van der Waals surface area contributed by atoms with Crippen molar-refractivity contribution in [2.24, 2.45) is 0 Å². The average molecular weight is 453 g/mol. The van der Waals surface area contributed by atoms with Crippen LogP contribution in [0.3, 0.4) is 0 Å². The number of aromatic nitrogens is 4. The van der Waals surface area contributed by atoms with Crippen LogP contribution in [0.25, 0.3) is 16.8 Å². The minimum Gasteiger partial charge on any atom is -0.382 e. The van der Waals surface area contributed by atoms with E-state index in [-0.39, 0.29) is 11.9 Å². The lowest BCUT2D eigenvalue weighted by molar-refractivity contribution is 0.102. The van der Waals surface area contributed by atoms with Gasteiger partial charge in [-0.1, -0.05) is 24.6 Å². The van der Waals surface area contributed by atoms with E-state index in [2.05, 4.69) is 26.3 Å². The van der Waals surface area contributed by atoms with Crippen molar-refractivity contribution in [2.45, 2.75) is 25.3 Å². The molecule has 1 aromatic carbocycles. The lowest BCUT2D eigenvalue weighted by atomic mass is 10.0. The largest absolute Gasteiger partial charge is 0.382 e. The number of carbonyl (C=O) groups is 1. The van der Waals surface area contributed by atoms with E-state index in [0.29, 0.717) is 29.4 Å². The van der Waals surface area contributed by atoms with Crippen molar-refractivity contribution in [3.63, 3.8) is 0 Å². The van der Waals surface area contributed by atoms with Crippen LogP contribution in [0.4, 0.5) is 11.6 Å². The Morgan fingerprint density at radius 3 is 2.76 bits per heavy atom. The van der Waals surface area contributed by atoms with Crippen molar-refractivity contribution in [1.29, 1.82) is 5.26 Å². The van der Waals surface area contributed by atoms with Crippen LogP contribution in [0.1, 0.15) is 41.5 Å². The molecule has 1 aliphatic rings. The van der Waals surface area contributed by atoms with Gasteiger partial charge in [0, 0.05) is 29.7 Å². The molecule has 4 aromatic rings. The molecule has 34 heavy (non-hydrogen) atoms. The summed E-state index contributed by atoms with van der Waals surface area (Å²) in [5, 5.41) is 12.1. The number of benzene rings is 1. The molecule has 0 spiro atoms. The second-order valence-electron chi connectivity index (χ2n) is 8.24. The predicted octanol–water partition coefficient (Wildman–Crippen LogP) is 3.68. The van der Waals surface area contributed by atoms with Gasteiger partial charge in [0.25, 0.3) is 5.91 Å². The van der Waals surface area contributed by atoms with E-state index in [1.54, 1.807) is 36.7 Å². The van der Waals surface area contributed by atoms with Crippen molar-refractivity contribution < 1.29 is 4.79 Å². The Labute approximate surface area is 196 Å². The van der Waals surface area contributed by atoms with E-state index in [1.165, 1.54) is 0 Å². The zero-order chi connectivity index (χ0) is 23.5. The number of nitrogen functional groups attached to an aromatic ring is 1. The van der Waals surface area contributed by atoms with Gasteiger partial charge in [0.2, 0.25) is 0 Å². The zero-order valence-corrected chi connectivity index (χ0v) is 18.6. The molecular weight excluding hydrogens is 428 g/mol. The SMILES string of the molecule is N#CCN1CCCCC1c1nc(-c2ccc(C(=O)Nc3ccccn3)cc2)c2c(N)nccn12. The van der Waals surface area contributed by atoms with E-state index < -0.39 is 0 Å². The third kappa shape index (κ3) is 4.07. The van der Waals surface area contributed by atoms with Gasteiger partial charge in [-0.2, -0.15) is 5.26 Å². The third-order valence-electron chi connectivity index (χ3n) is 6.12. The molecule has 1 aliphatic heterocycles. The van der Waals surface area contributed by atoms with Crippen molar-refractivity contribution >= 4 is 23.1 Å². The number of piperidine rings is 1. The number of fused-ring (bicyclic) bond motifs is 1. The van der Waals surface area contributed by atoms with Gasteiger partial charge in [-0.25, -0.2) is 15.0 Å². The van der Waals surface area contributed by atoms with Gasteiger partial charge in [0.1, 0.15) is 28.7 Å². The second kappa shape index (κ2) is 9.29. The number of amides is 1.